The third kappa shape index (κ3) is 2.88. The first kappa shape index (κ1) is 13.0. The second-order valence-corrected chi connectivity index (χ2v) is 4.96. The van der Waals surface area contributed by atoms with Gasteiger partial charge in [0.2, 0.25) is 0 Å². The van der Waals surface area contributed by atoms with E-state index >= 15 is 0 Å². The number of likely N-dealkylation sites (tertiary alicyclic amines) is 1. The SMILES string of the molecule is Cc1cccc(CN2CCCC(C(=O)O)C2)c1F. The van der Waals surface area contributed by atoms with Gasteiger partial charge in [-0.05, 0) is 31.9 Å². The van der Waals surface area contributed by atoms with Gasteiger partial charge in [0.25, 0.3) is 0 Å². The van der Waals surface area contributed by atoms with Gasteiger partial charge in [-0.1, -0.05) is 18.2 Å². The first-order chi connectivity index (χ1) is 8.58. The molecule has 0 radical (unpaired) electrons. The molecule has 4 heteroatoms. The van der Waals surface area contributed by atoms with Crippen LogP contribution < -0.4 is 0 Å². The topological polar surface area (TPSA) is 40.5 Å². The van der Waals surface area contributed by atoms with Crippen LogP contribution in [-0.4, -0.2) is 29.1 Å². The summed E-state index contributed by atoms with van der Waals surface area (Å²) in [6.07, 6.45) is 1.59. The monoisotopic (exact) mass is 251 g/mol. The average Bonchev–Trinajstić information content (AvgIpc) is 2.35. The quantitative estimate of drug-likeness (QED) is 0.897. The molecule has 1 heterocycles. The summed E-state index contributed by atoms with van der Waals surface area (Å²) in [6, 6.07) is 5.36. The maximum Gasteiger partial charge on any atom is 0.307 e. The Labute approximate surface area is 106 Å². The van der Waals surface area contributed by atoms with Crippen LogP contribution in [0.3, 0.4) is 0 Å². The van der Waals surface area contributed by atoms with E-state index in [1.54, 1.807) is 19.1 Å². The zero-order valence-electron chi connectivity index (χ0n) is 10.5. The van der Waals surface area contributed by atoms with E-state index in [-0.39, 0.29) is 11.7 Å². The molecule has 2 rings (SSSR count). The van der Waals surface area contributed by atoms with Crippen molar-refractivity contribution in [2.24, 2.45) is 5.92 Å². The second-order valence-electron chi connectivity index (χ2n) is 4.96. The molecule has 1 aromatic carbocycles. The fourth-order valence-corrected chi connectivity index (χ4v) is 2.47. The Kier molecular flexibility index (Phi) is 3.97. The van der Waals surface area contributed by atoms with Crippen LogP contribution in [0.15, 0.2) is 18.2 Å². The lowest BCUT2D eigenvalue weighted by Crippen LogP contribution is -2.38. The molecule has 1 aliphatic heterocycles. The Balaban J connectivity index is 2.05. The second kappa shape index (κ2) is 5.48. The lowest BCUT2D eigenvalue weighted by atomic mass is 9.97. The van der Waals surface area contributed by atoms with E-state index in [0.29, 0.717) is 24.2 Å². The number of aryl methyl sites for hydroxylation is 1. The summed E-state index contributed by atoms with van der Waals surface area (Å²) < 4.78 is 13.9. The molecule has 18 heavy (non-hydrogen) atoms. The first-order valence-electron chi connectivity index (χ1n) is 6.27. The van der Waals surface area contributed by atoms with Gasteiger partial charge in [0, 0.05) is 18.7 Å². The zero-order valence-corrected chi connectivity index (χ0v) is 10.5. The normalized spacial score (nSPS) is 20.9. The van der Waals surface area contributed by atoms with Gasteiger partial charge in [-0.3, -0.25) is 9.69 Å². The Bertz CT molecular complexity index is 447. The molecule has 0 aromatic heterocycles. The summed E-state index contributed by atoms with van der Waals surface area (Å²) in [7, 11) is 0. The Hall–Kier alpha value is -1.42. The van der Waals surface area contributed by atoms with Gasteiger partial charge in [0.1, 0.15) is 5.82 Å². The van der Waals surface area contributed by atoms with Gasteiger partial charge in [-0.15, -0.1) is 0 Å². The van der Waals surface area contributed by atoms with Crippen molar-refractivity contribution in [3.05, 3.63) is 35.1 Å². The number of nitrogens with zero attached hydrogens (tertiary/aromatic N) is 1. The number of carboxylic acids is 1. The van der Waals surface area contributed by atoms with E-state index in [1.165, 1.54) is 0 Å². The van der Waals surface area contributed by atoms with Crippen molar-refractivity contribution in [1.29, 1.82) is 0 Å². The van der Waals surface area contributed by atoms with E-state index in [2.05, 4.69) is 0 Å². The molecule has 1 fully saturated rings. The molecule has 0 spiro atoms. The highest BCUT2D eigenvalue weighted by Crippen LogP contribution is 2.20. The fourth-order valence-electron chi connectivity index (χ4n) is 2.47. The number of carbonyl (C=O) groups is 1. The Morgan fingerprint density at radius 3 is 3.06 bits per heavy atom. The predicted octanol–water partition coefficient (Wildman–Crippen LogP) is 2.43. The highest BCUT2D eigenvalue weighted by Gasteiger charge is 2.25. The van der Waals surface area contributed by atoms with Gasteiger partial charge in [0.05, 0.1) is 5.92 Å². The number of hydrogen-bond acceptors (Lipinski definition) is 2. The molecule has 1 N–H and O–H groups in total. The summed E-state index contributed by atoms with van der Waals surface area (Å²) >= 11 is 0. The van der Waals surface area contributed by atoms with E-state index in [1.807, 2.05) is 11.0 Å². The van der Waals surface area contributed by atoms with E-state index < -0.39 is 5.97 Å². The molecule has 1 atom stereocenters. The lowest BCUT2D eigenvalue weighted by molar-refractivity contribution is -0.143. The minimum Gasteiger partial charge on any atom is -0.481 e. The first-order valence-corrected chi connectivity index (χ1v) is 6.27. The number of piperidine rings is 1. The summed E-state index contributed by atoms with van der Waals surface area (Å²) in [6.45, 7) is 3.60. The average molecular weight is 251 g/mol. The third-order valence-electron chi connectivity index (χ3n) is 3.52. The van der Waals surface area contributed by atoms with Crippen molar-refractivity contribution in [2.45, 2.75) is 26.3 Å². The van der Waals surface area contributed by atoms with Crippen LogP contribution in [-0.2, 0) is 11.3 Å². The van der Waals surface area contributed by atoms with Gasteiger partial charge in [-0.2, -0.15) is 0 Å². The molecular weight excluding hydrogens is 233 g/mol. The minimum atomic E-state index is -0.746. The molecule has 98 valence electrons. The smallest absolute Gasteiger partial charge is 0.307 e. The van der Waals surface area contributed by atoms with Crippen molar-refractivity contribution in [2.75, 3.05) is 13.1 Å². The van der Waals surface area contributed by atoms with Crippen molar-refractivity contribution >= 4 is 5.97 Å². The number of halogens is 1. The van der Waals surface area contributed by atoms with Crippen LogP contribution in [0, 0.1) is 18.7 Å². The number of rotatable bonds is 3. The molecule has 0 saturated carbocycles. The number of carboxylic acid groups (broad SMARTS) is 1. The molecule has 0 aliphatic carbocycles. The highest BCUT2D eigenvalue weighted by atomic mass is 19.1. The molecule has 0 bridgehead atoms. The van der Waals surface area contributed by atoms with E-state index in [0.717, 1.165) is 19.4 Å². The van der Waals surface area contributed by atoms with Crippen molar-refractivity contribution in [3.8, 4) is 0 Å². The Morgan fingerprint density at radius 1 is 1.56 bits per heavy atom. The van der Waals surface area contributed by atoms with Crippen LogP contribution in [0.5, 0.6) is 0 Å². The van der Waals surface area contributed by atoms with Crippen LogP contribution in [0.25, 0.3) is 0 Å². The van der Waals surface area contributed by atoms with E-state index in [4.69, 9.17) is 5.11 Å². The number of aliphatic carboxylic acids is 1. The molecule has 1 saturated heterocycles. The predicted molar refractivity (Wildman–Crippen MR) is 66.8 cm³/mol. The van der Waals surface area contributed by atoms with Crippen molar-refractivity contribution in [1.82, 2.24) is 4.90 Å². The van der Waals surface area contributed by atoms with Gasteiger partial charge >= 0.3 is 5.97 Å². The fraction of sp³-hybridized carbons (Fsp3) is 0.500. The maximum absolute atomic E-state index is 13.9. The van der Waals surface area contributed by atoms with Gasteiger partial charge in [0.15, 0.2) is 0 Å². The van der Waals surface area contributed by atoms with Gasteiger partial charge in [-0.25, -0.2) is 4.39 Å². The van der Waals surface area contributed by atoms with Crippen LogP contribution in [0.4, 0.5) is 4.39 Å². The van der Waals surface area contributed by atoms with Gasteiger partial charge < -0.3 is 5.11 Å². The molecule has 1 aromatic rings. The molecule has 3 nitrogen and oxygen atoms in total. The highest BCUT2D eigenvalue weighted by molar-refractivity contribution is 5.70. The minimum absolute atomic E-state index is 0.171. The summed E-state index contributed by atoms with van der Waals surface area (Å²) in [5.74, 6) is -1.23. The molecule has 0 amide bonds. The standard InChI is InChI=1S/C14H18FNO2/c1-10-4-2-5-11(13(10)15)8-16-7-3-6-12(9-16)14(17)18/h2,4-5,12H,3,6-9H2,1H3,(H,17,18). The molecule has 1 unspecified atom stereocenters. The lowest BCUT2D eigenvalue weighted by Gasteiger charge is -2.30. The van der Waals surface area contributed by atoms with Crippen LogP contribution in [0.2, 0.25) is 0 Å². The van der Waals surface area contributed by atoms with Crippen molar-refractivity contribution < 1.29 is 14.3 Å². The largest absolute Gasteiger partial charge is 0.481 e. The summed E-state index contributed by atoms with van der Waals surface area (Å²) in [4.78, 5) is 13.0. The van der Waals surface area contributed by atoms with Crippen molar-refractivity contribution in [3.63, 3.8) is 0 Å². The maximum atomic E-state index is 13.9. The zero-order chi connectivity index (χ0) is 13.1. The number of hydrogen-bond donors (Lipinski definition) is 1. The molecule has 1 aliphatic rings. The van der Waals surface area contributed by atoms with Crippen LogP contribution in [0.1, 0.15) is 24.0 Å². The Morgan fingerprint density at radius 2 is 2.33 bits per heavy atom. The van der Waals surface area contributed by atoms with Crippen LogP contribution >= 0.6 is 0 Å². The third-order valence-corrected chi connectivity index (χ3v) is 3.52. The van der Waals surface area contributed by atoms with E-state index in [9.17, 15) is 9.18 Å². The molecular formula is C14H18FNO2. The summed E-state index contributed by atoms with van der Waals surface area (Å²) in [5, 5.41) is 9.02. The summed E-state index contributed by atoms with van der Waals surface area (Å²) in [5.41, 5.74) is 1.29. The number of benzene rings is 1.